The molecule has 2 rings (SSSR count). The van der Waals surface area contributed by atoms with E-state index in [2.05, 4.69) is 0 Å². The molecule has 2 aromatic rings. The molecule has 106 valence electrons. The van der Waals surface area contributed by atoms with Crippen molar-refractivity contribution in [3.8, 4) is 5.75 Å². The van der Waals surface area contributed by atoms with Crippen molar-refractivity contribution < 1.29 is 14.2 Å². The third-order valence-electron chi connectivity index (χ3n) is 3.08. The van der Waals surface area contributed by atoms with Crippen molar-refractivity contribution in [2.75, 3.05) is 0 Å². The Bertz CT molecular complexity index is 611. The van der Waals surface area contributed by atoms with Crippen LogP contribution in [0.4, 0.5) is 4.39 Å². The van der Waals surface area contributed by atoms with Crippen molar-refractivity contribution in [2.24, 2.45) is 0 Å². The highest BCUT2D eigenvalue weighted by molar-refractivity contribution is 6.31. The summed E-state index contributed by atoms with van der Waals surface area (Å²) in [6.07, 6.45) is -0.505. The van der Waals surface area contributed by atoms with Crippen LogP contribution in [0.5, 0.6) is 5.75 Å². The molecule has 4 heteroatoms. The van der Waals surface area contributed by atoms with Gasteiger partial charge >= 0.3 is 0 Å². The van der Waals surface area contributed by atoms with Gasteiger partial charge in [-0.1, -0.05) is 23.7 Å². The van der Waals surface area contributed by atoms with Crippen molar-refractivity contribution in [1.82, 2.24) is 0 Å². The second-order valence-corrected chi connectivity index (χ2v) is 5.13. The van der Waals surface area contributed by atoms with Crippen LogP contribution in [0, 0.1) is 12.7 Å². The normalized spacial score (nSPS) is 12.2. The molecule has 2 nitrogen and oxygen atoms in total. The van der Waals surface area contributed by atoms with E-state index in [9.17, 15) is 9.50 Å². The Hall–Kier alpha value is -1.58. The molecule has 0 aliphatic heterocycles. The highest BCUT2D eigenvalue weighted by Crippen LogP contribution is 2.25. The summed E-state index contributed by atoms with van der Waals surface area (Å²) in [4.78, 5) is 0. The molecule has 1 N–H and O–H groups in total. The van der Waals surface area contributed by atoms with Crippen molar-refractivity contribution >= 4 is 11.6 Å². The maximum absolute atomic E-state index is 12.9. The number of halogens is 2. The van der Waals surface area contributed by atoms with Crippen LogP contribution in [0.15, 0.2) is 36.4 Å². The zero-order chi connectivity index (χ0) is 14.7. The minimum atomic E-state index is -0.505. The van der Waals surface area contributed by atoms with Gasteiger partial charge in [-0.2, -0.15) is 0 Å². The van der Waals surface area contributed by atoms with Gasteiger partial charge in [0.2, 0.25) is 0 Å². The van der Waals surface area contributed by atoms with E-state index in [0.29, 0.717) is 5.02 Å². The van der Waals surface area contributed by atoms with Gasteiger partial charge in [0.05, 0.1) is 11.1 Å². The topological polar surface area (TPSA) is 29.5 Å². The lowest BCUT2D eigenvalue weighted by Gasteiger charge is -2.12. The van der Waals surface area contributed by atoms with E-state index in [1.165, 1.54) is 12.1 Å². The molecule has 0 aliphatic carbocycles. The summed E-state index contributed by atoms with van der Waals surface area (Å²) in [5.41, 5.74) is 2.50. The molecule has 0 aromatic heterocycles. The number of aliphatic hydroxyl groups excluding tert-OH is 1. The van der Waals surface area contributed by atoms with Gasteiger partial charge in [-0.05, 0) is 49.2 Å². The number of benzene rings is 2. The molecular formula is C16H16ClFO2. The first-order chi connectivity index (χ1) is 9.47. The summed E-state index contributed by atoms with van der Waals surface area (Å²) in [7, 11) is 0. The minimum Gasteiger partial charge on any atom is -0.489 e. The molecule has 0 radical (unpaired) electrons. The van der Waals surface area contributed by atoms with Gasteiger partial charge in [0, 0.05) is 5.56 Å². The van der Waals surface area contributed by atoms with Crippen molar-refractivity contribution in [1.29, 1.82) is 0 Å². The lowest BCUT2D eigenvalue weighted by Crippen LogP contribution is -1.99. The number of hydrogen-bond acceptors (Lipinski definition) is 2. The fraction of sp³-hybridized carbons (Fsp3) is 0.250. The van der Waals surface area contributed by atoms with Crippen molar-refractivity contribution in [3.63, 3.8) is 0 Å². The first-order valence-corrected chi connectivity index (χ1v) is 6.70. The smallest absolute Gasteiger partial charge is 0.124 e. The van der Waals surface area contributed by atoms with E-state index in [1.807, 2.05) is 25.1 Å². The molecule has 2 aromatic carbocycles. The highest BCUT2D eigenvalue weighted by atomic mass is 35.5. The lowest BCUT2D eigenvalue weighted by atomic mass is 10.1. The van der Waals surface area contributed by atoms with Gasteiger partial charge in [0.15, 0.2) is 0 Å². The summed E-state index contributed by atoms with van der Waals surface area (Å²) >= 11 is 5.95. The predicted octanol–water partition coefficient (Wildman–Crippen LogP) is 4.42. The number of aliphatic hydroxyl groups is 1. The van der Waals surface area contributed by atoms with Crippen LogP contribution in [0.25, 0.3) is 0 Å². The Morgan fingerprint density at radius 1 is 1.25 bits per heavy atom. The Morgan fingerprint density at radius 2 is 2.00 bits per heavy atom. The van der Waals surface area contributed by atoms with Gasteiger partial charge in [0.25, 0.3) is 0 Å². The molecule has 0 aliphatic rings. The predicted molar refractivity (Wildman–Crippen MR) is 77.6 cm³/mol. The highest BCUT2D eigenvalue weighted by Gasteiger charge is 2.07. The minimum absolute atomic E-state index is 0.272. The molecule has 0 fully saturated rings. The molecule has 0 spiro atoms. The first-order valence-electron chi connectivity index (χ1n) is 6.32. The quantitative estimate of drug-likeness (QED) is 0.904. The number of hydrogen-bond donors (Lipinski definition) is 1. The molecule has 0 heterocycles. The van der Waals surface area contributed by atoms with Crippen LogP contribution in [0.2, 0.25) is 5.02 Å². The number of aryl methyl sites for hydroxylation is 1. The maximum Gasteiger partial charge on any atom is 0.124 e. The summed E-state index contributed by atoms with van der Waals surface area (Å²) in [5, 5.41) is 9.87. The van der Waals surface area contributed by atoms with Crippen LogP contribution in [-0.2, 0) is 6.61 Å². The molecule has 20 heavy (non-hydrogen) atoms. The second kappa shape index (κ2) is 6.25. The average molecular weight is 295 g/mol. The summed E-state index contributed by atoms with van der Waals surface area (Å²) in [6.45, 7) is 3.90. The zero-order valence-electron chi connectivity index (χ0n) is 11.4. The number of rotatable bonds is 4. The fourth-order valence-electron chi connectivity index (χ4n) is 1.89. The van der Waals surface area contributed by atoms with E-state index in [4.69, 9.17) is 16.3 Å². The Morgan fingerprint density at radius 3 is 2.60 bits per heavy atom. The van der Waals surface area contributed by atoms with Gasteiger partial charge in [-0.15, -0.1) is 0 Å². The van der Waals surface area contributed by atoms with Gasteiger partial charge < -0.3 is 9.84 Å². The molecule has 1 atom stereocenters. The summed E-state index contributed by atoms with van der Waals surface area (Å²) in [5.74, 6) is 0.353. The van der Waals surface area contributed by atoms with Crippen molar-refractivity contribution in [3.05, 3.63) is 63.9 Å². The fourth-order valence-corrected chi connectivity index (χ4v) is 2.11. The molecular weight excluding hydrogens is 279 g/mol. The average Bonchev–Trinajstić information content (AvgIpc) is 2.38. The number of ether oxygens (including phenoxy) is 1. The van der Waals surface area contributed by atoms with Gasteiger partial charge in [0.1, 0.15) is 18.2 Å². The molecule has 0 bridgehead atoms. The van der Waals surface area contributed by atoms with Crippen LogP contribution in [0.3, 0.4) is 0 Å². The van der Waals surface area contributed by atoms with Gasteiger partial charge in [-0.25, -0.2) is 4.39 Å². The van der Waals surface area contributed by atoms with Crippen LogP contribution >= 0.6 is 11.6 Å². The monoisotopic (exact) mass is 294 g/mol. The summed E-state index contributed by atoms with van der Waals surface area (Å²) < 4.78 is 18.6. The second-order valence-electron chi connectivity index (χ2n) is 4.73. The Kier molecular flexibility index (Phi) is 4.63. The third kappa shape index (κ3) is 3.50. The van der Waals surface area contributed by atoms with E-state index in [1.54, 1.807) is 13.0 Å². The van der Waals surface area contributed by atoms with E-state index >= 15 is 0 Å². The lowest BCUT2D eigenvalue weighted by molar-refractivity contribution is 0.199. The SMILES string of the molecule is Cc1cc(C(C)O)ccc1OCc1ccc(F)cc1Cl. The Balaban J connectivity index is 2.11. The largest absolute Gasteiger partial charge is 0.489 e. The van der Waals surface area contributed by atoms with Crippen LogP contribution < -0.4 is 4.74 Å². The maximum atomic E-state index is 12.9. The van der Waals surface area contributed by atoms with Crippen molar-refractivity contribution in [2.45, 2.75) is 26.6 Å². The molecule has 0 saturated carbocycles. The van der Waals surface area contributed by atoms with E-state index in [0.717, 1.165) is 22.4 Å². The van der Waals surface area contributed by atoms with Crippen LogP contribution in [0.1, 0.15) is 29.7 Å². The van der Waals surface area contributed by atoms with Gasteiger partial charge in [-0.3, -0.25) is 0 Å². The zero-order valence-corrected chi connectivity index (χ0v) is 12.1. The van der Waals surface area contributed by atoms with E-state index in [-0.39, 0.29) is 12.4 Å². The first kappa shape index (κ1) is 14.8. The Labute approximate surface area is 122 Å². The molecule has 0 saturated heterocycles. The van der Waals surface area contributed by atoms with Crippen LogP contribution in [-0.4, -0.2) is 5.11 Å². The van der Waals surface area contributed by atoms with E-state index < -0.39 is 6.10 Å². The summed E-state index contributed by atoms with van der Waals surface area (Å²) in [6, 6.07) is 9.75. The standard InChI is InChI=1S/C16H16ClFO2/c1-10-7-12(11(2)19)4-6-16(10)20-9-13-3-5-14(18)8-15(13)17/h3-8,11,19H,9H2,1-2H3. The molecule has 1 unspecified atom stereocenters. The third-order valence-corrected chi connectivity index (χ3v) is 3.43. The molecule has 0 amide bonds.